The highest BCUT2D eigenvalue weighted by Crippen LogP contribution is 2.46. The zero-order valence-electron chi connectivity index (χ0n) is 14.5. The first kappa shape index (κ1) is 16.7. The fourth-order valence-electron chi connectivity index (χ4n) is 3.95. The lowest BCUT2D eigenvalue weighted by atomic mass is 10.1. The summed E-state index contributed by atoms with van der Waals surface area (Å²) in [6, 6.07) is 25.1. The number of nitrogens with zero attached hydrogens (tertiary/aromatic N) is 1. The number of halogens is 2. The molecule has 28 heavy (non-hydrogen) atoms. The summed E-state index contributed by atoms with van der Waals surface area (Å²) >= 11 is 11.6. The van der Waals surface area contributed by atoms with Crippen LogP contribution < -0.4 is 4.74 Å². The van der Waals surface area contributed by atoms with E-state index in [9.17, 15) is 0 Å². The van der Waals surface area contributed by atoms with Crippen LogP contribution in [-0.4, -0.2) is 4.57 Å². The highest BCUT2D eigenvalue weighted by atomic mass is 79.9. The molecule has 1 unspecified atom stereocenters. The van der Waals surface area contributed by atoms with Crippen LogP contribution in [0.3, 0.4) is 0 Å². The summed E-state index contributed by atoms with van der Waals surface area (Å²) in [5, 5.41) is 3.10. The number of hydrogen-bond acceptors (Lipinski definition) is 2. The molecule has 2 aromatic heterocycles. The number of aromatic nitrogens is 1. The average molecular weight is 467 g/mol. The molecule has 0 saturated heterocycles. The van der Waals surface area contributed by atoms with Gasteiger partial charge in [-0.3, -0.25) is 4.57 Å². The molecule has 1 atom stereocenters. The van der Waals surface area contributed by atoms with Crippen molar-refractivity contribution in [3.63, 3.8) is 0 Å². The zero-order valence-corrected chi connectivity index (χ0v) is 17.7. The maximum Gasteiger partial charge on any atom is 0.212 e. The van der Waals surface area contributed by atoms with Gasteiger partial charge in [0.15, 0.2) is 0 Å². The van der Waals surface area contributed by atoms with E-state index in [2.05, 4.69) is 75.1 Å². The van der Waals surface area contributed by atoms with Crippen molar-refractivity contribution in [3.05, 3.63) is 87.2 Å². The Morgan fingerprint density at radius 1 is 0.929 bits per heavy atom. The number of benzene rings is 3. The molecule has 0 spiro atoms. The van der Waals surface area contributed by atoms with Gasteiger partial charge in [-0.15, -0.1) is 11.3 Å². The predicted octanol–water partition coefficient (Wildman–Crippen LogP) is 7.88. The second kappa shape index (κ2) is 6.11. The summed E-state index contributed by atoms with van der Waals surface area (Å²) in [5.41, 5.74) is 3.36. The van der Waals surface area contributed by atoms with E-state index in [1.165, 1.54) is 15.0 Å². The lowest BCUT2D eigenvalue weighted by Gasteiger charge is -2.29. The Morgan fingerprint density at radius 2 is 1.82 bits per heavy atom. The van der Waals surface area contributed by atoms with Crippen molar-refractivity contribution in [2.75, 3.05) is 0 Å². The van der Waals surface area contributed by atoms with Crippen LogP contribution in [-0.2, 0) is 0 Å². The van der Waals surface area contributed by atoms with Gasteiger partial charge in [0, 0.05) is 25.1 Å². The van der Waals surface area contributed by atoms with Crippen LogP contribution in [0.1, 0.15) is 11.1 Å². The Bertz CT molecular complexity index is 1350. The Labute approximate surface area is 179 Å². The molecule has 0 radical (unpaired) electrons. The third-order valence-electron chi connectivity index (χ3n) is 5.18. The minimum atomic E-state index is -0.215. The van der Waals surface area contributed by atoms with Crippen LogP contribution in [0.15, 0.2) is 77.3 Å². The molecule has 3 heterocycles. The first-order valence-corrected chi connectivity index (χ1v) is 10.9. The quantitative estimate of drug-likeness (QED) is 0.245. The lowest BCUT2D eigenvalue weighted by molar-refractivity contribution is 0.177. The summed E-state index contributed by atoms with van der Waals surface area (Å²) in [6.07, 6.45) is -0.215. The number of hydrogen-bond donors (Lipinski definition) is 0. The molecule has 136 valence electrons. The smallest absolute Gasteiger partial charge is 0.212 e. The summed E-state index contributed by atoms with van der Waals surface area (Å²) in [6.45, 7) is 0. The van der Waals surface area contributed by atoms with Crippen LogP contribution in [0.2, 0.25) is 5.02 Å². The van der Waals surface area contributed by atoms with Gasteiger partial charge < -0.3 is 4.74 Å². The van der Waals surface area contributed by atoms with Crippen molar-refractivity contribution < 1.29 is 4.74 Å². The lowest BCUT2D eigenvalue weighted by Crippen LogP contribution is -2.21. The van der Waals surface area contributed by atoms with E-state index in [1.54, 1.807) is 11.3 Å². The molecular weight excluding hydrogens is 454 g/mol. The first-order valence-electron chi connectivity index (χ1n) is 8.93. The molecular formula is C23H13BrClNOS. The van der Waals surface area contributed by atoms with E-state index in [1.807, 2.05) is 18.2 Å². The number of fused-ring (bicyclic) bond motifs is 6. The van der Waals surface area contributed by atoms with E-state index >= 15 is 0 Å². The van der Waals surface area contributed by atoms with Gasteiger partial charge in [-0.25, -0.2) is 0 Å². The molecule has 1 aliphatic rings. The molecule has 0 fully saturated rings. The van der Waals surface area contributed by atoms with Crippen LogP contribution in [0.5, 0.6) is 5.75 Å². The van der Waals surface area contributed by atoms with Crippen molar-refractivity contribution in [2.45, 2.75) is 6.23 Å². The van der Waals surface area contributed by atoms with E-state index < -0.39 is 0 Å². The monoisotopic (exact) mass is 465 g/mol. The average Bonchev–Trinajstić information content (AvgIpc) is 3.28. The van der Waals surface area contributed by atoms with Crippen molar-refractivity contribution >= 4 is 59.9 Å². The van der Waals surface area contributed by atoms with Gasteiger partial charge in [0.25, 0.3) is 0 Å². The maximum absolute atomic E-state index is 6.56. The SMILES string of the molecule is Clc1ccc2c(c1)cc1n2C(c2cc3ccccc3s2)Oc2cc(Br)ccc2-1. The molecule has 0 N–H and O–H groups in total. The molecule has 0 saturated carbocycles. The fourth-order valence-corrected chi connectivity index (χ4v) is 5.56. The van der Waals surface area contributed by atoms with Crippen molar-refractivity contribution in [3.8, 4) is 17.0 Å². The fraction of sp³-hybridized carbons (Fsp3) is 0.0435. The molecule has 0 aliphatic carbocycles. The molecule has 0 amide bonds. The summed E-state index contributed by atoms with van der Waals surface area (Å²) < 4.78 is 11.1. The molecule has 6 rings (SSSR count). The second-order valence-electron chi connectivity index (χ2n) is 6.90. The minimum absolute atomic E-state index is 0.215. The van der Waals surface area contributed by atoms with Crippen LogP contribution in [0.25, 0.3) is 32.2 Å². The standard InChI is InChI=1S/C23H13BrClNOS/c24-15-5-7-17-19-10-14-9-16(25)6-8-18(14)26(19)23(27-20(17)12-15)22-11-13-3-1-2-4-21(13)28-22/h1-12,23H. The third kappa shape index (κ3) is 2.45. The number of rotatable bonds is 1. The summed E-state index contributed by atoms with van der Waals surface area (Å²) in [5.74, 6) is 0.887. The number of ether oxygens (including phenoxy) is 1. The van der Waals surface area contributed by atoms with Crippen LogP contribution in [0.4, 0.5) is 0 Å². The van der Waals surface area contributed by atoms with E-state index in [4.69, 9.17) is 16.3 Å². The van der Waals surface area contributed by atoms with Gasteiger partial charge in [0.1, 0.15) is 5.75 Å². The van der Waals surface area contributed by atoms with Crippen molar-refractivity contribution in [2.24, 2.45) is 0 Å². The van der Waals surface area contributed by atoms with Gasteiger partial charge in [-0.05, 0) is 60.0 Å². The summed E-state index contributed by atoms with van der Waals surface area (Å²) in [4.78, 5) is 1.18. The molecule has 0 bridgehead atoms. The second-order valence-corrected chi connectivity index (χ2v) is 9.37. The molecule has 5 heteroatoms. The Morgan fingerprint density at radius 3 is 2.71 bits per heavy atom. The predicted molar refractivity (Wildman–Crippen MR) is 121 cm³/mol. The van der Waals surface area contributed by atoms with E-state index in [0.717, 1.165) is 37.4 Å². The third-order valence-corrected chi connectivity index (χ3v) is 7.06. The minimum Gasteiger partial charge on any atom is -0.464 e. The highest BCUT2D eigenvalue weighted by molar-refractivity contribution is 9.10. The largest absolute Gasteiger partial charge is 0.464 e. The topological polar surface area (TPSA) is 14.2 Å². The molecule has 1 aliphatic heterocycles. The van der Waals surface area contributed by atoms with Gasteiger partial charge in [0.2, 0.25) is 6.23 Å². The van der Waals surface area contributed by atoms with Crippen LogP contribution in [0, 0.1) is 0 Å². The maximum atomic E-state index is 6.56. The van der Waals surface area contributed by atoms with E-state index in [-0.39, 0.29) is 6.23 Å². The summed E-state index contributed by atoms with van der Waals surface area (Å²) in [7, 11) is 0. The molecule has 5 aromatic rings. The number of thiophene rings is 1. The van der Waals surface area contributed by atoms with Gasteiger partial charge in [0.05, 0.1) is 16.1 Å². The first-order chi connectivity index (χ1) is 13.7. The van der Waals surface area contributed by atoms with Gasteiger partial charge >= 0.3 is 0 Å². The van der Waals surface area contributed by atoms with E-state index in [0.29, 0.717) is 0 Å². The van der Waals surface area contributed by atoms with Gasteiger partial charge in [-0.2, -0.15) is 0 Å². The molecule has 2 nitrogen and oxygen atoms in total. The molecule has 3 aromatic carbocycles. The zero-order chi connectivity index (χ0) is 18.8. The van der Waals surface area contributed by atoms with Crippen LogP contribution >= 0.6 is 38.9 Å². The van der Waals surface area contributed by atoms with Crippen molar-refractivity contribution in [1.29, 1.82) is 0 Å². The Balaban J connectivity index is 1.66. The normalized spacial score (nSPS) is 15.4. The Hall–Kier alpha value is -2.27. The Kier molecular flexibility index (Phi) is 3.64. The highest BCUT2D eigenvalue weighted by Gasteiger charge is 2.30. The van der Waals surface area contributed by atoms with Crippen molar-refractivity contribution in [1.82, 2.24) is 4.57 Å². The van der Waals surface area contributed by atoms with Gasteiger partial charge in [-0.1, -0.05) is 45.7 Å².